The van der Waals surface area contributed by atoms with Crippen LogP contribution < -0.4 is 10.1 Å². The van der Waals surface area contributed by atoms with E-state index in [-0.39, 0.29) is 6.61 Å². The third-order valence-corrected chi connectivity index (χ3v) is 2.88. The first-order valence-corrected chi connectivity index (χ1v) is 7.30. The molecule has 4 N–H and O–H groups in total. The van der Waals surface area contributed by atoms with Gasteiger partial charge in [-0.3, -0.25) is 0 Å². The Hall–Kier alpha value is -2.12. The number of hydrogen-bond donors (Lipinski definition) is 4. The fourth-order valence-corrected chi connectivity index (χ4v) is 1.83. The number of aliphatic hydroxyl groups excluding tert-OH is 1. The number of ether oxygens (including phenoxy) is 1. The van der Waals surface area contributed by atoms with Gasteiger partial charge in [0.1, 0.15) is 12.4 Å². The molecule has 0 spiro atoms. The van der Waals surface area contributed by atoms with Crippen molar-refractivity contribution >= 4 is 11.9 Å². The number of aryl methyl sites for hydroxylation is 1. The van der Waals surface area contributed by atoms with Gasteiger partial charge in [-0.05, 0) is 36.1 Å². The van der Waals surface area contributed by atoms with Crippen LogP contribution in [0.15, 0.2) is 18.2 Å². The average Bonchev–Trinajstić information content (AvgIpc) is 2.47. The maximum absolute atomic E-state index is 9.10. The maximum atomic E-state index is 9.10. The number of carbonyl (C=O) groups is 2. The highest BCUT2D eigenvalue weighted by molar-refractivity contribution is 6.27. The van der Waals surface area contributed by atoms with E-state index in [9.17, 15) is 0 Å². The fraction of sp³-hybridized carbons (Fsp3) is 0.500. The quantitative estimate of drug-likeness (QED) is 0.440. The van der Waals surface area contributed by atoms with Crippen molar-refractivity contribution in [1.29, 1.82) is 0 Å². The van der Waals surface area contributed by atoms with Crippen molar-refractivity contribution in [3.8, 4) is 5.75 Å². The second-order valence-corrected chi connectivity index (χ2v) is 5.11. The summed E-state index contributed by atoms with van der Waals surface area (Å²) in [5.74, 6) is -2.18. The van der Waals surface area contributed by atoms with Gasteiger partial charge in [-0.1, -0.05) is 19.9 Å². The van der Waals surface area contributed by atoms with Crippen LogP contribution in [0.4, 0.5) is 0 Å². The number of benzene rings is 1. The van der Waals surface area contributed by atoms with E-state index in [2.05, 4.69) is 38.2 Å². The number of nitrogens with one attached hydrogen (secondary N) is 1. The van der Waals surface area contributed by atoms with Crippen LogP contribution in [-0.4, -0.2) is 53.6 Å². The van der Waals surface area contributed by atoms with E-state index in [0.29, 0.717) is 19.1 Å². The molecule has 0 amide bonds. The Labute approximate surface area is 135 Å². The van der Waals surface area contributed by atoms with Crippen LogP contribution in [0.2, 0.25) is 0 Å². The molecule has 0 aliphatic heterocycles. The summed E-state index contributed by atoms with van der Waals surface area (Å²) >= 11 is 0. The van der Waals surface area contributed by atoms with Gasteiger partial charge in [0, 0.05) is 13.1 Å². The second kappa shape index (κ2) is 11.4. The molecule has 0 saturated carbocycles. The number of carboxylic acid groups (broad SMARTS) is 2. The van der Waals surface area contributed by atoms with Crippen LogP contribution >= 0.6 is 0 Å². The molecule has 0 aliphatic rings. The number of rotatable bonds is 7. The largest absolute Gasteiger partial charge is 0.492 e. The highest BCUT2D eigenvalue weighted by Gasteiger charge is 2.04. The van der Waals surface area contributed by atoms with Crippen molar-refractivity contribution in [1.82, 2.24) is 5.32 Å². The lowest BCUT2D eigenvalue weighted by atomic mass is 9.98. The molecule has 1 rings (SSSR count). The summed E-state index contributed by atoms with van der Waals surface area (Å²) in [7, 11) is 0. The Balaban J connectivity index is 0.000000688. The van der Waals surface area contributed by atoms with Gasteiger partial charge in [0.15, 0.2) is 0 Å². The summed E-state index contributed by atoms with van der Waals surface area (Å²) < 4.78 is 5.62. The maximum Gasteiger partial charge on any atom is 0.414 e. The molecule has 0 bridgehead atoms. The number of hydrogen-bond acceptors (Lipinski definition) is 5. The molecule has 0 aromatic heterocycles. The lowest BCUT2D eigenvalue weighted by molar-refractivity contribution is -0.159. The number of carboxylic acids is 2. The summed E-state index contributed by atoms with van der Waals surface area (Å²) in [4.78, 5) is 18.2. The number of aliphatic hydroxyl groups is 1. The standard InChI is InChI=1S/C14H23NO2.C2H2O4/c1-11(2)14-5-4-13(10-12(14)3)17-9-7-15-6-8-16;3-1(4)2(5)6/h4-5,10-11,15-16H,6-9H2,1-3H3;(H,3,4)(H,5,6). The van der Waals surface area contributed by atoms with E-state index in [1.165, 1.54) is 11.1 Å². The fourth-order valence-electron chi connectivity index (χ4n) is 1.83. The third-order valence-electron chi connectivity index (χ3n) is 2.88. The van der Waals surface area contributed by atoms with Crippen LogP contribution in [0.25, 0.3) is 0 Å². The van der Waals surface area contributed by atoms with Gasteiger partial charge >= 0.3 is 11.9 Å². The molecule has 0 heterocycles. The van der Waals surface area contributed by atoms with Gasteiger partial charge in [0.25, 0.3) is 0 Å². The van der Waals surface area contributed by atoms with E-state index >= 15 is 0 Å². The highest BCUT2D eigenvalue weighted by Crippen LogP contribution is 2.23. The predicted molar refractivity (Wildman–Crippen MR) is 86.0 cm³/mol. The highest BCUT2D eigenvalue weighted by atomic mass is 16.5. The summed E-state index contributed by atoms with van der Waals surface area (Å²) in [6.45, 7) is 8.68. The lowest BCUT2D eigenvalue weighted by Gasteiger charge is -2.12. The van der Waals surface area contributed by atoms with E-state index in [0.717, 1.165) is 12.3 Å². The molecule has 0 radical (unpaired) electrons. The molecule has 7 heteroatoms. The predicted octanol–water partition coefficient (Wildman–Crippen LogP) is 1.23. The Bertz CT molecular complexity index is 489. The zero-order chi connectivity index (χ0) is 17.8. The summed E-state index contributed by atoms with van der Waals surface area (Å²) in [6, 6.07) is 6.24. The Morgan fingerprint density at radius 1 is 1.17 bits per heavy atom. The SMILES string of the molecule is Cc1cc(OCCNCCO)ccc1C(C)C.O=C(O)C(=O)O. The van der Waals surface area contributed by atoms with E-state index in [1.54, 1.807) is 0 Å². The van der Waals surface area contributed by atoms with E-state index in [1.807, 2.05) is 6.07 Å². The molecule has 0 fully saturated rings. The van der Waals surface area contributed by atoms with Crippen LogP contribution in [0.1, 0.15) is 30.9 Å². The van der Waals surface area contributed by atoms with E-state index < -0.39 is 11.9 Å². The summed E-state index contributed by atoms with van der Waals surface area (Å²) in [5, 5.41) is 26.5. The monoisotopic (exact) mass is 327 g/mol. The average molecular weight is 327 g/mol. The third kappa shape index (κ3) is 9.49. The van der Waals surface area contributed by atoms with Crippen molar-refractivity contribution in [3.05, 3.63) is 29.3 Å². The molecule has 7 nitrogen and oxygen atoms in total. The van der Waals surface area contributed by atoms with Gasteiger partial charge in [-0.2, -0.15) is 0 Å². The molecule has 130 valence electrons. The second-order valence-electron chi connectivity index (χ2n) is 5.11. The molecule has 0 unspecified atom stereocenters. The van der Waals surface area contributed by atoms with Crippen molar-refractivity contribution in [2.24, 2.45) is 0 Å². The Morgan fingerprint density at radius 3 is 2.22 bits per heavy atom. The summed E-state index contributed by atoms with van der Waals surface area (Å²) in [6.07, 6.45) is 0. The Morgan fingerprint density at radius 2 is 1.78 bits per heavy atom. The first kappa shape index (κ1) is 20.9. The molecule has 1 aromatic carbocycles. The van der Waals surface area contributed by atoms with Crippen molar-refractivity contribution < 1.29 is 29.6 Å². The first-order chi connectivity index (χ1) is 10.8. The molecule has 1 aromatic rings. The summed E-state index contributed by atoms with van der Waals surface area (Å²) in [5.41, 5.74) is 2.65. The Kier molecular flexibility index (Phi) is 10.4. The van der Waals surface area contributed by atoms with Gasteiger partial charge in [0.05, 0.1) is 6.61 Å². The smallest absolute Gasteiger partial charge is 0.414 e. The molecule has 23 heavy (non-hydrogen) atoms. The minimum Gasteiger partial charge on any atom is -0.492 e. The lowest BCUT2D eigenvalue weighted by Crippen LogP contribution is -2.23. The van der Waals surface area contributed by atoms with Gasteiger partial charge in [-0.25, -0.2) is 9.59 Å². The molecule has 0 saturated heterocycles. The first-order valence-electron chi connectivity index (χ1n) is 7.30. The normalized spacial score (nSPS) is 9.96. The topological polar surface area (TPSA) is 116 Å². The number of aliphatic carboxylic acids is 2. The molecular weight excluding hydrogens is 302 g/mol. The van der Waals surface area contributed by atoms with E-state index in [4.69, 9.17) is 29.6 Å². The van der Waals surface area contributed by atoms with Crippen LogP contribution in [0.5, 0.6) is 5.75 Å². The van der Waals surface area contributed by atoms with Crippen LogP contribution in [0, 0.1) is 6.92 Å². The van der Waals surface area contributed by atoms with Crippen molar-refractivity contribution in [2.75, 3.05) is 26.3 Å². The minimum absolute atomic E-state index is 0.169. The van der Waals surface area contributed by atoms with Crippen LogP contribution in [0.3, 0.4) is 0 Å². The molecule has 0 atom stereocenters. The van der Waals surface area contributed by atoms with Gasteiger partial charge < -0.3 is 25.4 Å². The van der Waals surface area contributed by atoms with Gasteiger partial charge in [0.2, 0.25) is 0 Å². The van der Waals surface area contributed by atoms with Crippen molar-refractivity contribution in [2.45, 2.75) is 26.7 Å². The van der Waals surface area contributed by atoms with Crippen molar-refractivity contribution in [3.63, 3.8) is 0 Å². The van der Waals surface area contributed by atoms with Crippen LogP contribution in [-0.2, 0) is 9.59 Å². The zero-order valence-electron chi connectivity index (χ0n) is 13.7. The minimum atomic E-state index is -1.82. The zero-order valence-corrected chi connectivity index (χ0v) is 13.7. The van der Waals surface area contributed by atoms with Gasteiger partial charge in [-0.15, -0.1) is 0 Å². The molecule has 0 aliphatic carbocycles. The molecular formula is C16H25NO6.